The number of allylic oxidation sites excluding steroid dienone is 3. The number of benzene rings is 2. The summed E-state index contributed by atoms with van der Waals surface area (Å²) < 4.78 is 16.6. The molecule has 0 aliphatic heterocycles. The summed E-state index contributed by atoms with van der Waals surface area (Å²) in [5.41, 5.74) is 0.887. The molecule has 0 aliphatic carbocycles. The van der Waals surface area contributed by atoms with Crippen LogP contribution in [0, 0.1) is 0 Å². The van der Waals surface area contributed by atoms with Gasteiger partial charge in [-0.05, 0) is 49.6 Å². The molecule has 0 aromatic heterocycles. The van der Waals surface area contributed by atoms with Gasteiger partial charge in [-0.2, -0.15) is 0 Å². The molecule has 0 bridgehead atoms. The topological polar surface area (TPSA) is 44.8 Å². The van der Waals surface area contributed by atoms with Gasteiger partial charge < -0.3 is 14.2 Å². The number of hydrogen-bond donors (Lipinski definition) is 0. The molecular weight excluding hydrogens is 364 g/mol. The van der Waals surface area contributed by atoms with E-state index in [-0.39, 0.29) is 19.2 Å². The van der Waals surface area contributed by atoms with Crippen molar-refractivity contribution in [3.8, 4) is 17.2 Å². The number of esters is 1. The molecule has 0 saturated heterocycles. The molecule has 0 amide bonds. The zero-order valence-electron chi connectivity index (χ0n) is 17.3. The Morgan fingerprint density at radius 3 is 2.48 bits per heavy atom. The van der Waals surface area contributed by atoms with Crippen molar-refractivity contribution in [1.29, 1.82) is 0 Å². The zero-order valence-corrected chi connectivity index (χ0v) is 17.3. The predicted molar refractivity (Wildman–Crippen MR) is 116 cm³/mol. The van der Waals surface area contributed by atoms with Crippen molar-refractivity contribution in [2.45, 2.75) is 39.5 Å². The van der Waals surface area contributed by atoms with Gasteiger partial charge >= 0.3 is 5.97 Å². The molecule has 0 fully saturated rings. The lowest BCUT2D eigenvalue weighted by atomic mass is 10.1. The molecule has 2 rings (SSSR count). The number of ether oxygens (including phenoxy) is 3. The average molecular weight is 395 g/mol. The van der Waals surface area contributed by atoms with Crippen molar-refractivity contribution in [2.24, 2.45) is 0 Å². The molecule has 0 unspecified atom stereocenters. The molecule has 154 valence electrons. The number of hydrogen-bond acceptors (Lipinski definition) is 4. The third-order valence-electron chi connectivity index (χ3n) is 4.08. The first kappa shape index (κ1) is 22.3. The molecule has 4 heteroatoms. The maximum atomic E-state index is 11.8. The number of rotatable bonds is 12. The normalized spacial score (nSPS) is 11.4. The Morgan fingerprint density at radius 1 is 0.931 bits per heavy atom. The van der Waals surface area contributed by atoms with Crippen LogP contribution in [-0.2, 0) is 9.53 Å². The van der Waals surface area contributed by atoms with Gasteiger partial charge in [-0.25, -0.2) is 4.79 Å². The third-order valence-corrected chi connectivity index (χ3v) is 4.08. The number of unbranched alkanes of at least 4 members (excludes halogenated alkanes) is 3. The summed E-state index contributed by atoms with van der Waals surface area (Å²) in [4.78, 5) is 11.8. The van der Waals surface area contributed by atoms with Crippen LogP contribution in [-0.4, -0.2) is 19.2 Å². The molecule has 2 aromatic carbocycles. The van der Waals surface area contributed by atoms with E-state index in [9.17, 15) is 4.79 Å². The molecule has 0 aliphatic rings. The molecule has 0 heterocycles. The Hall–Kier alpha value is -3.01. The second kappa shape index (κ2) is 13.2. The molecule has 29 heavy (non-hydrogen) atoms. The van der Waals surface area contributed by atoms with Crippen molar-refractivity contribution in [2.75, 3.05) is 13.2 Å². The van der Waals surface area contributed by atoms with Crippen LogP contribution in [0.2, 0.25) is 0 Å². The Kier molecular flexibility index (Phi) is 10.2. The van der Waals surface area contributed by atoms with E-state index in [0.717, 1.165) is 17.7 Å². The lowest BCUT2D eigenvalue weighted by molar-refractivity contribution is -0.138. The van der Waals surface area contributed by atoms with Crippen LogP contribution in [0.25, 0.3) is 0 Å². The monoisotopic (exact) mass is 394 g/mol. The highest BCUT2D eigenvalue weighted by Crippen LogP contribution is 2.24. The van der Waals surface area contributed by atoms with E-state index in [2.05, 4.69) is 13.0 Å². The largest absolute Gasteiger partial charge is 0.490 e. The fourth-order valence-electron chi connectivity index (χ4n) is 2.61. The Balaban J connectivity index is 1.70. The van der Waals surface area contributed by atoms with E-state index in [4.69, 9.17) is 14.2 Å². The first-order chi connectivity index (χ1) is 14.2. The SMILES string of the molecule is CCCCC/C=C/C(C)=C/C(=O)OCCOc1cccc(Oc2ccccc2)c1. The van der Waals surface area contributed by atoms with Gasteiger partial charge in [0.15, 0.2) is 0 Å². The summed E-state index contributed by atoms with van der Waals surface area (Å²) in [5, 5.41) is 0. The minimum Gasteiger partial charge on any atom is -0.490 e. The summed E-state index contributed by atoms with van der Waals surface area (Å²) >= 11 is 0. The molecule has 0 N–H and O–H groups in total. The van der Waals surface area contributed by atoms with E-state index in [0.29, 0.717) is 11.5 Å². The Morgan fingerprint density at radius 2 is 1.69 bits per heavy atom. The maximum absolute atomic E-state index is 11.8. The van der Waals surface area contributed by atoms with Crippen molar-refractivity contribution >= 4 is 5.97 Å². The summed E-state index contributed by atoms with van der Waals surface area (Å²) in [5.74, 6) is 1.76. The van der Waals surface area contributed by atoms with Gasteiger partial charge in [-0.3, -0.25) is 0 Å². The molecule has 0 spiro atoms. The van der Waals surface area contributed by atoms with Gasteiger partial charge in [0.25, 0.3) is 0 Å². The molecule has 0 radical (unpaired) electrons. The fourth-order valence-corrected chi connectivity index (χ4v) is 2.61. The zero-order chi connectivity index (χ0) is 20.7. The summed E-state index contributed by atoms with van der Waals surface area (Å²) in [6.07, 6.45) is 10.2. The molecule has 2 aromatic rings. The quantitative estimate of drug-likeness (QED) is 0.179. The molecule has 4 nitrogen and oxygen atoms in total. The van der Waals surface area contributed by atoms with Crippen LogP contribution in [0.15, 0.2) is 78.4 Å². The van der Waals surface area contributed by atoms with E-state index < -0.39 is 0 Å². The predicted octanol–water partition coefficient (Wildman–Crippen LogP) is 6.48. The second-order valence-corrected chi connectivity index (χ2v) is 6.69. The van der Waals surface area contributed by atoms with Crippen molar-refractivity contribution in [3.63, 3.8) is 0 Å². The summed E-state index contributed by atoms with van der Waals surface area (Å²) in [6.45, 7) is 4.54. The Bertz CT molecular complexity index is 793. The molecule has 0 saturated carbocycles. The van der Waals surface area contributed by atoms with Crippen LogP contribution in [0.3, 0.4) is 0 Å². The van der Waals surface area contributed by atoms with Gasteiger partial charge in [-0.15, -0.1) is 0 Å². The van der Waals surface area contributed by atoms with E-state index in [1.807, 2.05) is 67.6 Å². The van der Waals surface area contributed by atoms with Gasteiger partial charge in [0.1, 0.15) is 30.5 Å². The van der Waals surface area contributed by atoms with Gasteiger partial charge in [0, 0.05) is 12.1 Å². The van der Waals surface area contributed by atoms with Gasteiger partial charge in [0.05, 0.1) is 0 Å². The minimum atomic E-state index is -0.356. The van der Waals surface area contributed by atoms with Crippen LogP contribution >= 0.6 is 0 Å². The first-order valence-electron chi connectivity index (χ1n) is 10.1. The number of para-hydroxylation sites is 1. The standard InChI is InChI=1S/C25H30O4/c1-3-4-5-6-8-12-21(2)19-25(26)28-18-17-27-23-15-11-16-24(20-23)29-22-13-9-7-10-14-22/h7-16,19-20H,3-6,17-18H2,1-2H3/b12-8+,21-19+. The van der Waals surface area contributed by atoms with Crippen LogP contribution in [0.1, 0.15) is 39.5 Å². The minimum absolute atomic E-state index is 0.187. The van der Waals surface area contributed by atoms with E-state index in [1.54, 1.807) is 0 Å². The third kappa shape index (κ3) is 9.65. The Labute approximate surface area is 173 Å². The van der Waals surface area contributed by atoms with E-state index >= 15 is 0 Å². The highest BCUT2D eigenvalue weighted by molar-refractivity contribution is 5.83. The van der Waals surface area contributed by atoms with Crippen LogP contribution in [0.4, 0.5) is 0 Å². The second-order valence-electron chi connectivity index (χ2n) is 6.69. The summed E-state index contributed by atoms with van der Waals surface area (Å²) in [6, 6.07) is 16.9. The lowest BCUT2D eigenvalue weighted by Gasteiger charge is -2.09. The lowest BCUT2D eigenvalue weighted by Crippen LogP contribution is -2.10. The van der Waals surface area contributed by atoms with Gasteiger partial charge in [-0.1, -0.05) is 56.2 Å². The van der Waals surface area contributed by atoms with Crippen molar-refractivity contribution in [1.82, 2.24) is 0 Å². The molecule has 0 atom stereocenters. The highest BCUT2D eigenvalue weighted by atomic mass is 16.6. The fraction of sp³-hybridized carbons (Fsp3) is 0.320. The first-order valence-corrected chi connectivity index (χ1v) is 10.1. The average Bonchev–Trinajstić information content (AvgIpc) is 2.72. The van der Waals surface area contributed by atoms with Crippen molar-refractivity contribution in [3.05, 3.63) is 78.4 Å². The number of carbonyl (C=O) groups is 1. The highest BCUT2D eigenvalue weighted by Gasteiger charge is 2.02. The summed E-state index contributed by atoms with van der Waals surface area (Å²) in [7, 11) is 0. The van der Waals surface area contributed by atoms with Crippen molar-refractivity contribution < 1.29 is 19.0 Å². The molecular formula is C25H30O4. The van der Waals surface area contributed by atoms with Crippen LogP contribution in [0.5, 0.6) is 17.2 Å². The smallest absolute Gasteiger partial charge is 0.331 e. The van der Waals surface area contributed by atoms with Gasteiger partial charge in [0.2, 0.25) is 0 Å². The van der Waals surface area contributed by atoms with E-state index in [1.165, 1.54) is 25.3 Å². The maximum Gasteiger partial charge on any atom is 0.331 e. The van der Waals surface area contributed by atoms with Crippen LogP contribution < -0.4 is 9.47 Å². The number of carbonyl (C=O) groups excluding carboxylic acids is 1.